The smallest absolute Gasteiger partial charge is 0.407 e. The fraction of sp³-hybridized carbons (Fsp3) is 0.789. The maximum Gasteiger partial charge on any atom is 0.407 e. The van der Waals surface area contributed by atoms with Crippen molar-refractivity contribution < 1.29 is 26.6 Å². The van der Waals surface area contributed by atoms with Gasteiger partial charge in [-0.1, -0.05) is 0 Å². The number of carbonyl (C=O) groups excluding carboxylic acids is 1. The summed E-state index contributed by atoms with van der Waals surface area (Å²) in [6.45, 7) is 15.4. The molecule has 0 saturated carbocycles. The maximum atomic E-state index is 12.0. The second kappa shape index (κ2) is 10.4. The van der Waals surface area contributed by atoms with E-state index in [1.165, 1.54) is 0 Å². The highest BCUT2D eigenvalue weighted by Crippen LogP contribution is 2.23. The van der Waals surface area contributed by atoms with E-state index in [9.17, 15) is 13.2 Å². The van der Waals surface area contributed by atoms with Crippen molar-refractivity contribution in [3.63, 3.8) is 0 Å². The molecule has 174 valence electrons. The predicted octanol–water partition coefficient (Wildman–Crippen LogP) is 3.24. The summed E-state index contributed by atoms with van der Waals surface area (Å²) in [5, 5.41) is 7.31. The van der Waals surface area contributed by atoms with Crippen LogP contribution >= 0.6 is 15.9 Å². The molecular formula is C19H36BrN4O5S+. The Morgan fingerprint density at radius 1 is 1.30 bits per heavy atom. The van der Waals surface area contributed by atoms with Gasteiger partial charge in [0.1, 0.15) is 16.7 Å². The van der Waals surface area contributed by atoms with Gasteiger partial charge in [0.25, 0.3) is 10.1 Å². The highest BCUT2D eigenvalue weighted by atomic mass is 79.9. The zero-order chi connectivity index (χ0) is 23.3. The highest BCUT2D eigenvalue weighted by molar-refractivity contribution is 9.10. The van der Waals surface area contributed by atoms with Crippen molar-refractivity contribution in [1.82, 2.24) is 15.1 Å². The molecule has 1 amide bonds. The Balaban J connectivity index is 3.02. The topological polar surface area (TPSA) is 99.5 Å². The van der Waals surface area contributed by atoms with Crippen LogP contribution in [0.25, 0.3) is 0 Å². The van der Waals surface area contributed by atoms with Gasteiger partial charge in [-0.15, -0.1) is 0 Å². The lowest BCUT2D eigenvalue weighted by atomic mass is 10.2. The van der Waals surface area contributed by atoms with Gasteiger partial charge >= 0.3 is 6.09 Å². The molecule has 9 nitrogen and oxygen atoms in total. The van der Waals surface area contributed by atoms with Gasteiger partial charge in [-0.3, -0.25) is 9.16 Å². The normalized spacial score (nSPS) is 15.0. The Bertz CT molecular complexity index is 815. The Labute approximate surface area is 188 Å². The minimum Gasteiger partial charge on any atom is -0.444 e. The minimum absolute atomic E-state index is 0.222. The number of hydrogen-bond acceptors (Lipinski definition) is 6. The molecule has 1 heterocycles. The second-order valence-corrected chi connectivity index (χ2v) is 11.0. The van der Waals surface area contributed by atoms with Gasteiger partial charge in [0.2, 0.25) is 6.23 Å². The van der Waals surface area contributed by atoms with Crippen molar-refractivity contribution in [2.24, 2.45) is 0 Å². The van der Waals surface area contributed by atoms with Gasteiger partial charge < -0.3 is 10.1 Å². The van der Waals surface area contributed by atoms with Crippen LogP contribution in [0, 0.1) is 0 Å². The first-order chi connectivity index (χ1) is 13.6. The molecule has 1 unspecified atom stereocenters. The number of quaternary nitrogens is 1. The fourth-order valence-corrected chi connectivity index (χ4v) is 4.42. The molecule has 11 heteroatoms. The van der Waals surface area contributed by atoms with Crippen LogP contribution in [-0.4, -0.2) is 66.0 Å². The van der Waals surface area contributed by atoms with Crippen molar-refractivity contribution in [3.8, 4) is 0 Å². The van der Waals surface area contributed by atoms with E-state index in [0.29, 0.717) is 35.3 Å². The number of carbonyl (C=O) groups is 1. The van der Waals surface area contributed by atoms with Gasteiger partial charge in [0.05, 0.1) is 31.6 Å². The molecule has 0 spiro atoms. The molecule has 2 atom stereocenters. The molecule has 0 aliphatic rings. The summed E-state index contributed by atoms with van der Waals surface area (Å²) in [4.78, 5) is 12.0. The van der Waals surface area contributed by atoms with E-state index in [2.05, 4.69) is 26.3 Å². The summed E-state index contributed by atoms with van der Waals surface area (Å²) in [7, 11) is -3.58. The van der Waals surface area contributed by atoms with Gasteiger partial charge in [-0.2, -0.15) is 13.5 Å². The molecule has 1 aromatic rings. The average molecular weight is 512 g/mol. The van der Waals surface area contributed by atoms with E-state index in [-0.39, 0.29) is 6.04 Å². The van der Waals surface area contributed by atoms with E-state index in [1.54, 1.807) is 6.92 Å². The minimum atomic E-state index is -3.58. The van der Waals surface area contributed by atoms with Crippen molar-refractivity contribution in [3.05, 3.63) is 16.4 Å². The lowest BCUT2D eigenvalue weighted by Crippen LogP contribution is -2.55. The molecule has 0 aromatic carbocycles. The summed E-state index contributed by atoms with van der Waals surface area (Å²) < 4.78 is 36.9. The number of aromatic nitrogens is 2. The van der Waals surface area contributed by atoms with Crippen LogP contribution in [-0.2, 0) is 32.1 Å². The number of hydrogen-bond donors (Lipinski definition) is 1. The van der Waals surface area contributed by atoms with Crippen molar-refractivity contribution in [2.45, 2.75) is 79.4 Å². The summed E-state index contributed by atoms with van der Waals surface area (Å²) >= 11 is 3.42. The van der Waals surface area contributed by atoms with Crippen LogP contribution in [0.2, 0.25) is 0 Å². The highest BCUT2D eigenvalue weighted by Gasteiger charge is 2.35. The van der Waals surface area contributed by atoms with Crippen molar-refractivity contribution >= 4 is 32.1 Å². The maximum absolute atomic E-state index is 12.0. The number of nitrogens with one attached hydrogen (secondary N) is 1. The number of ether oxygens (including phenoxy) is 1. The molecular weight excluding hydrogens is 476 g/mol. The number of alkyl carbamates (subject to hydrolysis) is 1. The Morgan fingerprint density at radius 3 is 2.33 bits per heavy atom. The summed E-state index contributed by atoms with van der Waals surface area (Å²) in [6, 6.07) is 1.69. The molecule has 1 N–H and O–H groups in total. The zero-order valence-corrected chi connectivity index (χ0v) is 21.6. The first kappa shape index (κ1) is 26.9. The Morgan fingerprint density at radius 2 is 1.87 bits per heavy atom. The third-order valence-electron chi connectivity index (χ3n) is 4.87. The molecule has 1 rings (SSSR count). The predicted molar refractivity (Wildman–Crippen MR) is 119 cm³/mol. The number of nitrogens with zero attached hydrogens (tertiary/aromatic N) is 3. The SMILES string of the molecule is CC[N+](CC)(Cc1cc(Br)nn1C[C@@H](C)NC(=O)OC(C)(C)C)C(C)OS(C)(=O)=O. The van der Waals surface area contributed by atoms with Crippen molar-refractivity contribution in [1.29, 1.82) is 0 Å². The Hall–Kier alpha value is -1.17. The van der Waals surface area contributed by atoms with E-state index in [4.69, 9.17) is 8.92 Å². The lowest BCUT2D eigenvalue weighted by Gasteiger charge is -2.40. The molecule has 0 aliphatic heterocycles. The van der Waals surface area contributed by atoms with Crippen LogP contribution in [0.3, 0.4) is 0 Å². The third kappa shape index (κ3) is 8.52. The van der Waals surface area contributed by atoms with Gasteiger partial charge in [0.15, 0.2) is 0 Å². The number of rotatable bonds is 10. The summed E-state index contributed by atoms with van der Waals surface area (Å²) in [6.07, 6.45) is 0.0357. The molecule has 0 bridgehead atoms. The molecule has 0 saturated heterocycles. The van der Waals surface area contributed by atoms with Crippen LogP contribution < -0.4 is 5.32 Å². The molecule has 0 aliphatic carbocycles. The summed E-state index contributed by atoms with van der Waals surface area (Å²) in [5.41, 5.74) is 0.339. The fourth-order valence-electron chi connectivity index (χ4n) is 3.28. The largest absolute Gasteiger partial charge is 0.444 e. The lowest BCUT2D eigenvalue weighted by molar-refractivity contribution is -0.975. The van der Waals surface area contributed by atoms with E-state index in [1.807, 2.05) is 52.3 Å². The number of halogens is 1. The average Bonchev–Trinajstić information content (AvgIpc) is 2.87. The van der Waals surface area contributed by atoms with Crippen LogP contribution in [0.4, 0.5) is 4.79 Å². The van der Waals surface area contributed by atoms with E-state index >= 15 is 0 Å². The monoisotopic (exact) mass is 511 g/mol. The molecule has 0 radical (unpaired) electrons. The molecule has 0 fully saturated rings. The Kier molecular flexibility index (Phi) is 9.34. The third-order valence-corrected chi connectivity index (χ3v) is 5.88. The standard InChI is InChI=1S/C19H35BrN4O5S/c1-9-24(10-2,15(4)29-30(8,26)27)13-16-11-17(20)22-23(16)12-14(3)21-18(25)28-19(5,6)7/h11,14-15H,9-10,12-13H2,1-8H3/p+1/t14-,15?/m1/s1. The molecule has 30 heavy (non-hydrogen) atoms. The van der Waals surface area contributed by atoms with Crippen LogP contribution in [0.5, 0.6) is 0 Å². The van der Waals surface area contributed by atoms with Crippen LogP contribution in [0.15, 0.2) is 10.7 Å². The quantitative estimate of drug-likeness (QED) is 0.294. The van der Waals surface area contributed by atoms with Crippen LogP contribution in [0.1, 0.15) is 54.2 Å². The van der Waals surface area contributed by atoms with E-state index < -0.39 is 28.0 Å². The van der Waals surface area contributed by atoms with E-state index in [0.717, 1.165) is 11.9 Å². The van der Waals surface area contributed by atoms with Gasteiger partial charge in [0, 0.05) is 13.0 Å². The zero-order valence-electron chi connectivity index (χ0n) is 19.2. The number of amides is 1. The molecule has 1 aromatic heterocycles. The second-order valence-electron chi connectivity index (χ2n) is 8.60. The summed E-state index contributed by atoms with van der Waals surface area (Å²) in [5.74, 6) is 0. The first-order valence-corrected chi connectivity index (χ1v) is 12.7. The van der Waals surface area contributed by atoms with Crippen molar-refractivity contribution in [2.75, 3.05) is 19.3 Å². The van der Waals surface area contributed by atoms with Gasteiger partial charge in [-0.25, -0.2) is 8.98 Å². The first-order valence-electron chi connectivity index (χ1n) is 10.1. The van der Waals surface area contributed by atoms with Gasteiger partial charge in [-0.05, 0) is 63.5 Å².